The molecule has 26 heavy (non-hydrogen) atoms. The lowest BCUT2D eigenvalue weighted by Crippen LogP contribution is -2.11. The molecule has 3 aromatic carbocycles. The molecule has 0 aliphatic heterocycles. The van der Waals surface area contributed by atoms with Crippen LogP contribution in [0.5, 0.6) is 0 Å². The second-order valence-corrected chi connectivity index (χ2v) is 6.87. The van der Waals surface area contributed by atoms with Crippen molar-refractivity contribution in [2.45, 2.75) is 18.7 Å². The van der Waals surface area contributed by atoms with Crippen molar-refractivity contribution >= 4 is 29.2 Å². The van der Waals surface area contributed by atoms with Gasteiger partial charge in [0.1, 0.15) is 5.82 Å². The van der Waals surface area contributed by atoms with Crippen molar-refractivity contribution in [3.8, 4) is 0 Å². The number of halogens is 1. The van der Waals surface area contributed by atoms with Crippen molar-refractivity contribution in [1.82, 2.24) is 0 Å². The Bertz CT molecular complexity index is 908. The van der Waals surface area contributed by atoms with E-state index < -0.39 is 0 Å². The van der Waals surface area contributed by atoms with E-state index in [-0.39, 0.29) is 11.7 Å². The van der Waals surface area contributed by atoms with Crippen LogP contribution < -0.4 is 10.0 Å². The molecule has 3 rings (SSSR count). The highest BCUT2D eigenvalue weighted by Gasteiger charge is 2.06. The maximum absolute atomic E-state index is 12.9. The van der Waals surface area contributed by atoms with Gasteiger partial charge in [-0.1, -0.05) is 6.07 Å². The molecule has 0 aliphatic carbocycles. The predicted molar refractivity (Wildman–Crippen MR) is 106 cm³/mol. The van der Waals surface area contributed by atoms with Crippen LogP contribution in [0.2, 0.25) is 0 Å². The largest absolute Gasteiger partial charge is 0.326 e. The number of anilines is 2. The maximum Gasteiger partial charge on any atom is 0.255 e. The number of aryl methyl sites for hydroxylation is 2. The highest BCUT2D eigenvalue weighted by Crippen LogP contribution is 2.23. The third-order valence-electron chi connectivity index (χ3n) is 4.01. The number of amides is 1. The molecule has 0 atom stereocenters. The molecule has 0 aliphatic rings. The third kappa shape index (κ3) is 4.64. The topological polar surface area (TPSA) is 41.1 Å². The Balaban J connectivity index is 1.59. The van der Waals surface area contributed by atoms with E-state index in [4.69, 9.17) is 0 Å². The smallest absolute Gasteiger partial charge is 0.255 e. The SMILES string of the molecule is Cc1ccc(SNc2ccc(C(=O)Nc3ccc(F)cc3)cc2)cc1C. The lowest BCUT2D eigenvalue weighted by Gasteiger charge is -2.09. The number of hydrogen-bond donors (Lipinski definition) is 2. The molecule has 3 nitrogen and oxygen atoms in total. The van der Waals surface area contributed by atoms with Crippen LogP contribution in [-0.4, -0.2) is 5.91 Å². The molecule has 3 aromatic rings. The minimum absolute atomic E-state index is 0.232. The molecule has 0 saturated carbocycles. The summed E-state index contributed by atoms with van der Waals surface area (Å²) < 4.78 is 16.2. The minimum atomic E-state index is -0.334. The molecule has 0 bridgehead atoms. The van der Waals surface area contributed by atoms with Crippen LogP contribution in [0.1, 0.15) is 21.5 Å². The molecule has 5 heteroatoms. The fraction of sp³-hybridized carbons (Fsp3) is 0.0952. The molecular weight excluding hydrogens is 347 g/mol. The van der Waals surface area contributed by atoms with Gasteiger partial charge in [-0.3, -0.25) is 4.79 Å². The van der Waals surface area contributed by atoms with Crippen LogP contribution in [0.4, 0.5) is 15.8 Å². The minimum Gasteiger partial charge on any atom is -0.326 e. The van der Waals surface area contributed by atoms with Crippen molar-refractivity contribution in [3.05, 3.63) is 89.2 Å². The molecule has 2 N–H and O–H groups in total. The van der Waals surface area contributed by atoms with Crippen LogP contribution >= 0.6 is 11.9 Å². The summed E-state index contributed by atoms with van der Waals surface area (Å²) in [6, 6.07) is 19.2. The summed E-state index contributed by atoms with van der Waals surface area (Å²) in [5.74, 6) is -0.565. The zero-order chi connectivity index (χ0) is 18.5. The predicted octanol–water partition coefficient (Wildman–Crippen LogP) is 5.81. The van der Waals surface area contributed by atoms with Crippen LogP contribution in [0.25, 0.3) is 0 Å². The Hall–Kier alpha value is -2.79. The van der Waals surface area contributed by atoms with Crippen LogP contribution in [0, 0.1) is 19.7 Å². The van der Waals surface area contributed by atoms with Crippen molar-refractivity contribution in [2.24, 2.45) is 0 Å². The van der Waals surface area contributed by atoms with Gasteiger partial charge in [-0.25, -0.2) is 4.39 Å². The normalized spacial score (nSPS) is 10.4. The van der Waals surface area contributed by atoms with E-state index in [2.05, 4.69) is 42.1 Å². The Labute approximate surface area is 156 Å². The summed E-state index contributed by atoms with van der Waals surface area (Å²) in [5, 5.41) is 2.74. The Morgan fingerprint density at radius 2 is 1.50 bits per heavy atom. The van der Waals surface area contributed by atoms with Crippen molar-refractivity contribution in [2.75, 3.05) is 10.0 Å². The summed E-state index contributed by atoms with van der Waals surface area (Å²) in [5.41, 5.74) is 4.53. The van der Waals surface area contributed by atoms with Gasteiger partial charge in [-0.2, -0.15) is 0 Å². The molecular formula is C21H19FN2OS. The molecule has 1 amide bonds. The van der Waals surface area contributed by atoms with Gasteiger partial charge in [-0.05, 0) is 97.6 Å². The van der Waals surface area contributed by atoms with Gasteiger partial charge in [0, 0.05) is 21.8 Å². The van der Waals surface area contributed by atoms with E-state index in [0.29, 0.717) is 11.3 Å². The van der Waals surface area contributed by atoms with Crippen molar-refractivity contribution in [1.29, 1.82) is 0 Å². The van der Waals surface area contributed by atoms with Gasteiger partial charge in [0.25, 0.3) is 5.91 Å². The van der Waals surface area contributed by atoms with Gasteiger partial charge < -0.3 is 10.0 Å². The van der Waals surface area contributed by atoms with E-state index in [0.717, 1.165) is 10.6 Å². The van der Waals surface area contributed by atoms with Crippen molar-refractivity contribution < 1.29 is 9.18 Å². The second kappa shape index (κ2) is 8.06. The van der Waals surface area contributed by atoms with E-state index in [1.54, 1.807) is 12.1 Å². The average molecular weight is 366 g/mol. The summed E-state index contributed by atoms with van der Waals surface area (Å²) in [6.45, 7) is 4.18. The van der Waals surface area contributed by atoms with E-state index in [9.17, 15) is 9.18 Å². The zero-order valence-corrected chi connectivity index (χ0v) is 15.4. The summed E-state index contributed by atoms with van der Waals surface area (Å²) >= 11 is 1.53. The average Bonchev–Trinajstić information content (AvgIpc) is 2.65. The van der Waals surface area contributed by atoms with Gasteiger partial charge in [-0.15, -0.1) is 0 Å². The highest BCUT2D eigenvalue weighted by atomic mass is 32.2. The summed E-state index contributed by atoms with van der Waals surface area (Å²) in [4.78, 5) is 13.4. The zero-order valence-electron chi connectivity index (χ0n) is 14.5. The van der Waals surface area contributed by atoms with Crippen LogP contribution in [-0.2, 0) is 0 Å². The monoisotopic (exact) mass is 366 g/mol. The molecule has 0 spiro atoms. The Morgan fingerprint density at radius 1 is 0.846 bits per heavy atom. The first kappa shape index (κ1) is 18.0. The van der Waals surface area contributed by atoms with Crippen molar-refractivity contribution in [3.63, 3.8) is 0 Å². The van der Waals surface area contributed by atoms with Gasteiger partial charge in [0.15, 0.2) is 0 Å². The molecule has 0 aromatic heterocycles. The lowest BCUT2D eigenvalue weighted by molar-refractivity contribution is 0.102. The molecule has 0 saturated heterocycles. The van der Waals surface area contributed by atoms with Gasteiger partial charge in [0.2, 0.25) is 0 Å². The third-order valence-corrected chi connectivity index (χ3v) is 4.84. The second-order valence-electron chi connectivity index (χ2n) is 5.99. The quantitative estimate of drug-likeness (QED) is 0.560. The summed E-state index contributed by atoms with van der Waals surface area (Å²) in [6.07, 6.45) is 0. The molecule has 0 radical (unpaired) electrons. The Kier molecular flexibility index (Phi) is 5.58. The lowest BCUT2D eigenvalue weighted by atomic mass is 10.1. The fourth-order valence-electron chi connectivity index (χ4n) is 2.32. The summed E-state index contributed by atoms with van der Waals surface area (Å²) in [7, 11) is 0. The number of rotatable bonds is 5. The number of carbonyl (C=O) groups is 1. The van der Waals surface area contributed by atoms with E-state index in [1.807, 2.05) is 12.1 Å². The molecule has 0 fully saturated rings. The van der Waals surface area contributed by atoms with E-state index in [1.165, 1.54) is 47.3 Å². The standard InChI is InChI=1S/C21H19FN2OS/c1-14-3-12-20(13-15(14)2)26-24-19-8-4-16(5-9-19)21(25)23-18-10-6-17(22)7-11-18/h3-13,24H,1-2H3,(H,23,25). The first-order valence-corrected chi connectivity index (χ1v) is 9.00. The van der Waals surface area contributed by atoms with E-state index >= 15 is 0 Å². The number of nitrogens with one attached hydrogen (secondary N) is 2. The Morgan fingerprint density at radius 3 is 2.15 bits per heavy atom. The maximum atomic E-state index is 12.9. The number of carbonyl (C=O) groups excluding carboxylic acids is 1. The fourth-order valence-corrected chi connectivity index (χ4v) is 3.06. The van der Waals surface area contributed by atoms with Crippen LogP contribution in [0.15, 0.2) is 71.6 Å². The number of hydrogen-bond acceptors (Lipinski definition) is 3. The first-order valence-electron chi connectivity index (χ1n) is 8.18. The number of benzene rings is 3. The van der Waals surface area contributed by atoms with Gasteiger partial charge in [0.05, 0.1) is 0 Å². The first-order chi connectivity index (χ1) is 12.5. The molecule has 0 unspecified atom stereocenters. The van der Waals surface area contributed by atoms with Crippen LogP contribution in [0.3, 0.4) is 0 Å². The van der Waals surface area contributed by atoms with Gasteiger partial charge >= 0.3 is 0 Å². The highest BCUT2D eigenvalue weighted by molar-refractivity contribution is 8.00. The molecule has 132 valence electrons. The molecule has 0 heterocycles.